The topological polar surface area (TPSA) is 57.7 Å². The number of pyridine rings is 1. The smallest absolute Gasteiger partial charge is 0.255 e. The van der Waals surface area contributed by atoms with E-state index < -0.39 is 0 Å². The molecule has 4 rings (SSSR count). The van der Waals surface area contributed by atoms with Crippen LogP contribution in [-0.4, -0.2) is 55.2 Å². The second-order valence-corrected chi connectivity index (χ2v) is 7.81. The van der Waals surface area contributed by atoms with Crippen molar-refractivity contribution >= 4 is 11.7 Å². The molecule has 2 aromatic rings. The van der Waals surface area contributed by atoms with Gasteiger partial charge in [-0.1, -0.05) is 24.3 Å². The molecule has 0 bridgehead atoms. The molecule has 2 saturated heterocycles. The molecule has 0 atom stereocenters. The predicted molar refractivity (Wildman–Crippen MR) is 114 cm³/mol. The van der Waals surface area contributed by atoms with E-state index in [1.54, 1.807) is 6.20 Å². The Labute approximate surface area is 172 Å². The number of nitrogens with one attached hydrogen (secondary N) is 1. The Kier molecular flexibility index (Phi) is 6.75. The molecule has 154 valence electrons. The first-order valence-corrected chi connectivity index (χ1v) is 10.7. The molecule has 0 saturated carbocycles. The van der Waals surface area contributed by atoms with Crippen molar-refractivity contribution in [1.82, 2.24) is 15.2 Å². The molecule has 0 spiro atoms. The molecule has 1 aromatic heterocycles. The Morgan fingerprint density at radius 3 is 2.45 bits per heavy atom. The van der Waals surface area contributed by atoms with Gasteiger partial charge < -0.3 is 15.0 Å². The molecule has 2 fully saturated rings. The standard InChI is InChI=1S/C23H30N4O2/c28-23(21-5-4-10-24-22(21)27-11-2-1-3-12-27)25-17-19-6-8-20(9-7-19)18-26-13-15-29-16-14-26/h4-10H,1-3,11-18H2,(H,25,28). The molecule has 2 aliphatic rings. The molecule has 29 heavy (non-hydrogen) atoms. The van der Waals surface area contributed by atoms with E-state index in [2.05, 4.69) is 44.4 Å². The number of aromatic nitrogens is 1. The van der Waals surface area contributed by atoms with Gasteiger partial charge >= 0.3 is 0 Å². The second kappa shape index (κ2) is 9.85. The van der Waals surface area contributed by atoms with Crippen LogP contribution in [0, 0.1) is 0 Å². The minimum atomic E-state index is -0.0592. The summed E-state index contributed by atoms with van der Waals surface area (Å²) in [6, 6.07) is 12.2. The van der Waals surface area contributed by atoms with Crippen molar-refractivity contribution in [1.29, 1.82) is 0 Å². The van der Waals surface area contributed by atoms with E-state index in [1.165, 1.54) is 12.0 Å². The van der Waals surface area contributed by atoms with Crippen LogP contribution in [0.4, 0.5) is 5.82 Å². The number of rotatable bonds is 6. The number of carbonyl (C=O) groups is 1. The minimum Gasteiger partial charge on any atom is -0.379 e. The molecule has 0 radical (unpaired) electrons. The van der Waals surface area contributed by atoms with Gasteiger partial charge in [0.1, 0.15) is 5.82 Å². The number of morpholine rings is 1. The highest BCUT2D eigenvalue weighted by Gasteiger charge is 2.19. The summed E-state index contributed by atoms with van der Waals surface area (Å²) < 4.78 is 5.41. The number of ether oxygens (including phenoxy) is 1. The van der Waals surface area contributed by atoms with E-state index in [9.17, 15) is 4.79 Å². The molecule has 2 aliphatic heterocycles. The summed E-state index contributed by atoms with van der Waals surface area (Å²) in [6.07, 6.45) is 5.35. The summed E-state index contributed by atoms with van der Waals surface area (Å²) in [5.74, 6) is 0.752. The number of nitrogens with zero attached hydrogens (tertiary/aromatic N) is 3. The Morgan fingerprint density at radius 2 is 1.69 bits per heavy atom. The Balaban J connectivity index is 1.33. The lowest BCUT2D eigenvalue weighted by Gasteiger charge is -2.29. The van der Waals surface area contributed by atoms with Gasteiger partial charge in [0.25, 0.3) is 5.91 Å². The van der Waals surface area contributed by atoms with Gasteiger partial charge in [0, 0.05) is 45.5 Å². The first-order valence-electron chi connectivity index (χ1n) is 10.7. The van der Waals surface area contributed by atoms with Gasteiger partial charge in [-0.15, -0.1) is 0 Å². The zero-order chi connectivity index (χ0) is 19.9. The number of amides is 1. The molecule has 1 N–H and O–H groups in total. The van der Waals surface area contributed by atoms with Crippen molar-refractivity contribution in [3.63, 3.8) is 0 Å². The molecular weight excluding hydrogens is 364 g/mol. The van der Waals surface area contributed by atoms with Crippen molar-refractivity contribution < 1.29 is 9.53 Å². The Morgan fingerprint density at radius 1 is 0.966 bits per heavy atom. The van der Waals surface area contributed by atoms with Crippen LogP contribution >= 0.6 is 0 Å². The van der Waals surface area contributed by atoms with E-state index in [1.807, 2.05) is 12.1 Å². The van der Waals surface area contributed by atoms with Crippen LogP contribution in [0.15, 0.2) is 42.6 Å². The Bertz CT molecular complexity index is 797. The average molecular weight is 395 g/mol. The van der Waals surface area contributed by atoms with E-state index in [4.69, 9.17) is 4.74 Å². The van der Waals surface area contributed by atoms with Crippen LogP contribution in [0.3, 0.4) is 0 Å². The highest BCUT2D eigenvalue weighted by Crippen LogP contribution is 2.21. The zero-order valence-corrected chi connectivity index (χ0v) is 17.0. The number of piperidine rings is 1. The fourth-order valence-electron chi connectivity index (χ4n) is 3.99. The lowest BCUT2D eigenvalue weighted by molar-refractivity contribution is 0.0342. The molecule has 3 heterocycles. The molecular formula is C23H30N4O2. The van der Waals surface area contributed by atoms with E-state index in [-0.39, 0.29) is 5.91 Å². The zero-order valence-electron chi connectivity index (χ0n) is 17.0. The molecule has 1 amide bonds. The summed E-state index contributed by atoms with van der Waals surface area (Å²) in [6.45, 7) is 7.03. The monoisotopic (exact) mass is 394 g/mol. The number of benzene rings is 1. The van der Waals surface area contributed by atoms with Gasteiger partial charge in [0.05, 0.1) is 18.8 Å². The first-order chi connectivity index (χ1) is 14.3. The minimum absolute atomic E-state index is 0.0592. The van der Waals surface area contributed by atoms with Gasteiger partial charge in [-0.25, -0.2) is 4.98 Å². The van der Waals surface area contributed by atoms with Gasteiger partial charge in [0.15, 0.2) is 0 Å². The molecule has 6 heteroatoms. The molecule has 6 nitrogen and oxygen atoms in total. The fraction of sp³-hybridized carbons (Fsp3) is 0.478. The molecule has 0 aliphatic carbocycles. The number of hydrogen-bond donors (Lipinski definition) is 1. The third-order valence-corrected chi connectivity index (χ3v) is 5.67. The normalized spacial score (nSPS) is 17.9. The van der Waals surface area contributed by atoms with Crippen molar-refractivity contribution in [2.75, 3.05) is 44.3 Å². The van der Waals surface area contributed by atoms with Crippen LogP contribution in [0.2, 0.25) is 0 Å². The molecule has 1 aromatic carbocycles. The second-order valence-electron chi connectivity index (χ2n) is 7.81. The van der Waals surface area contributed by atoms with Gasteiger partial charge in [-0.2, -0.15) is 0 Å². The van der Waals surface area contributed by atoms with Crippen LogP contribution in [-0.2, 0) is 17.8 Å². The maximum Gasteiger partial charge on any atom is 0.255 e. The van der Waals surface area contributed by atoms with Crippen LogP contribution < -0.4 is 10.2 Å². The van der Waals surface area contributed by atoms with Crippen LogP contribution in [0.1, 0.15) is 40.7 Å². The summed E-state index contributed by atoms with van der Waals surface area (Å²) >= 11 is 0. The largest absolute Gasteiger partial charge is 0.379 e. The highest BCUT2D eigenvalue weighted by molar-refractivity contribution is 5.98. The maximum absolute atomic E-state index is 12.8. The highest BCUT2D eigenvalue weighted by atomic mass is 16.5. The van der Waals surface area contributed by atoms with Gasteiger partial charge in [0.2, 0.25) is 0 Å². The SMILES string of the molecule is O=C(NCc1ccc(CN2CCOCC2)cc1)c1cccnc1N1CCCCC1. The van der Waals surface area contributed by atoms with E-state index in [0.717, 1.165) is 70.2 Å². The van der Waals surface area contributed by atoms with Crippen molar-refractivity contribution in [3.05, 3.63) is 59.3 Å². The predicted octanol–water partition coefficient (Wildman–Crippen LogP) is 2.83. The number of carbonyl (C=O) groups excluding carboxylic acids is 1. The molecule has 0 unspecified atom stereocenters. The number of anilines is 1. The summed E-state index contributed by atoms with van der Waals surface area (Å²) in [7, 11) is 0. The average Bonchev–Trinajstić information content (AvgIpc) is 2.80. The first kappa shape index (κ1) is 19.9. The lowest BCUT2D eigenvalue weighted by atomic mass is 10.1. The maximum atomic E-state index is 12.8. The third-order valence-electron chi connectivity index (χ3n) is 5.67. The van der Waals surface area contributed by atoms with E-state index >= 15 is 0 Å². The quantitative estimate of drug-likeness (QED) is 0.817. The lowest BCUT2D eigenvalue weighted by Crippen LogP contribution is -2.35. The van der Waals surface area contributed by atoms with Gasteiger partial charge in [-0.05, 0) is 42.5 Å². The van der Waals surface area contributed by atoms with Crippen molar-refractivity contribution in [2.45, 2.75) is 32.4 Å². The van der Waals surface area contributed by atoms with Crippen molar-refractivity contribution in [3.8, 4) is 0 Å². The van der Waals surface area contributed by atoms with Gasteiger partial charge in [-0.3, -0.25) is 9.69 Å². The fourth-order valence-corrected chi connectivity index (χ4v) is 3.99. The van der Waals surface area contributed by atoms with Crippen LogP contribution in [0.25, 0.3) is 0 Å². The summed E-state index contributed by atoms with van der Waals surface area (Å²) in [5, 5.41) is 3.06. The van der Waals surface area contributed by atoms with Crippen LogP contribution in [0.5, 0.6) is 0 Å². The number of hydrogen-bond acceptors (Lipinski definition) is 5. The third kappa shape index (κ3) is 5.34. The van der Waals surface area contributed by atoms with E-state index in [0.29, 0.717) is 12.1 Å². The summed E-state index contributed by atoms with van der Waals surface area (Å²) in [4.78, 5) is 22.0. The Hall–Kier alpha value is -2.44. The summed E-state index contributed by atoms with van der Waals surface area (Å²) in [5.41, 5.74) is 3.06. The van der Waals surface area contributed by atoms with Crippen molar-refractivity contribution in [2.24, 2.45) is 0 Å².